The van der Waals surface area contributed by atoms with Crippen molar-refractivity contribution in [1.29, 1.82) is 0 Å². The lowest BCUT2D eigenvalue weighted by molar-refractivity contribution is -0.142. The van der Waals surface area contributed by atoms with Gasteiger partial charge in [0, 0.05) is 22.9 Å². The topological polar surface area (TPSA) is 239 Å². The van der Waals surface area contributed by atoms with Crippen molar-refractivity contribution in [2.24, 2.45) is 11.0 Å². The zero-order valence-electron chi connectivity index (χ0n) is 25.9. The average Bonchev–Trinajstić information content (AvgIpc) is 3.82. The number of ether oxygens (including phenoxy) is 2. The van der Waals surface area contributed by atoms with Gasteiger partial charge in [0.05, 0.1) is 36.7 Å². The summed E-state index contributed by atoms with van der Waals surface area (Å²) < 4.78 is 38.5. The normalized spacial score (nSPS) is 16.8. The minimum Gasteiger partial charge on any atom is -0.481 e. The van der Waals surface area contributed by atoms with Gasteiger partial charge in [0.15, 0.2) is 11.3 Å². The highest BCUT2D eigenvalue weighted by molar-refractivity contribution is 7.91. The number of carboxylic acids is 2. The van der Waals surface area contributed by atoms with Gasteiger partial charge in [-0.05, 0) is 50.1 Å². The molecule has 3 aromatic rings. The molecule has 1 saturated carbocycles. The third kappa shape index (κ3) is 9.04. The summed E-state index contributed by atoms with van der Waals surface area (Å²) in [5, 5.41) is 26.1. The molecule has 0 spiro atoms. The van der Waals surface area contributed by atoms with E-state index in [1.807, 2.05) is 0 Å². The van der Waals surface area contributed by atoms with E-state index < -0.39 is 33.7 Å². The first kappa shape index (κ1) is 36.6. The number of anilines is 3. The van der Waals surface area contributed by atoms with Gasteiger partial charge in [-0.1, -0.05) is 35.3 Å². The van der Waals surface area contributed by atoms with Crippen LogP contribution in [0.1, 0.15) is 36.5 Å². The van der Waals surface area contributed by atoms with E-state index in [0.29, 0.717) is 5.02 Å². The Kier molecular flexibility index (Phi) is 11.2. The van der Waals surface area contributed by atoms with Gasteiger partial charge < -0.3 is 19.7 Å². The van der Waals surface area contributed by atoms with Gasteiger partial charge in [0.2, 0.25) is 17.7 Å². The molecule has 1 atom stereocenters. The van der Waals surface area contributed by atoms with Crippen LogP contribution in [0.2, 0.25) is 10.0 Å². The van der Waals surface area contributed by atoms with E-state index in [0.717, 1.165) is 17.9 Å². The maximum Gasteiger partial charge on any atom is 0.352 e. The quantitative estimate of drug-likeness (QED) is 0.175. The number of nitrogens with one attached hydrogen (secondary N) is 3. The number of amides is 2. The molecular formula is C29H29Cl2N7O10S. The number of carbonyl (C=O) groups is 4. The molecule has 1 aromatic heterocycles. The van der Waals surface area contributed by atoms with Gasteiger partial charge in [0.25, 0.3) is 0 Å². The van der Waals surface area contributed by atoms with Crippen LogP contribution in [0.25, 0.3) is 0 Å². The first-order chi connectivity index (χ1) is 23.1. The van der Waals surface area contributed by atoms with Crippen LogP contribution in [0.3, 0.4) is 0 Å². The summed E-state index contributed by atoms with van der Waals surface area (Å²) in [6, 6.07) is 10.9. The molecule has 2 amide bonds. The Balaban J connectivity index is 0.000000237. The summed E-state index contributed by atoms with van der Waals surface area (Å²) in [6.45, 7) is 1.39. The lowest BCUT2D eigenvalue weighted by Gasteiger charge is -2.30. The Morgan fingerprint density at radius 3 is 2.16 bits per heavy atom. The number of aromatic nitrogens is 2. The number of aliphatic carboxylic acids is 2. The summed E-state index contributed by atoms with van der Waals surface area (Å²) in [4.78, 5) is 54.7. The molecule has 0 saturated heterocycles. The number of hydrazone groups is 1. The van der Waals surface area contributed by atoms with Crippen LogP contribution in [-0.2, 0) is 19.8 Å². The minimum absolute atomic E-state index is 0.0860. The third-order valence-corrected chi connectivity index (χ3v) is 8.46. The number of benzene rings is 2. The van der Waals surface area contributed by atoms with Crippen LogP contribution in [0.5, 0.6) is 11.8 Å². The second-order valence-corrected chi connectivity index (χ2v) is 12.9. The molecule has 2 aliphatic rings. The number of para-hydroxylation sites is 1. The Morgan fingerprint density at radius 1 is 0.980 bits per heavy atom. The zero-order chi connectivity index (χ0) is 36.1. The molecule has 20 heteroatoms. The summed E-state index contributed by atoms with van der Waals surface area (Å²) in [5.74, 6) is -2.67. The number of methoxy groups -OCH3 is 2. The highest BCUT2D eigenvalue weighted by Gasteiger charge is 2.48. The van der Waals surface area contributed by atoms with Crippen LogP contribution < -0.4 is 29.2 Å². The molecule has 260 valence electrons. The number of nitrogens with zero attached hydrogens (tertiary/aromatic N) is 4. The molecule has 17 nitrogen and oxygen atoms in total. The number of carboxylic acid groups (broad SMARTS) is 2. The van der Waals surface area contributed by atoms with E-state index >= 15 is 0 Å². The summed E-state index contributed by atoms with van der Waals surface area (Å²) in [5.41, 5.74) is -1.12. The second kappa shape index (κ2) is 14.9. The molecule has 5 rings (SSSR count). The number of hydrogen-bond acceptors (Lipinski definition) is 12. The number of halogens is 2. The summed E-state index contributed by atoms with van der Waals surface area (Å²) >= 11 is 11.8. The van der Waals surface area contributed by atoms with Crippen LogP contribution in [-0.4, -0.2) is 77.8 Å². The van der Waals surface area contributed by atoms with Crippen molar-refractivity contribution in [3.63, 3.8) is 0 Å². The molecule has 1 unspecified atom stereocenters. The van der Waals surface area contributed by atoms with Gasteiger partial charge in [-0.3, -0.25) is 14.8 Å². The van der Waals surface area contributed by atoms with Gasteiger partial charge in [0.1, 0.15) is 5.71 Å². The predicted molar refractivity (Wildman–Crippen MR) is 178 cm³/mol. The van der Waals surface area contributed by atoms with Crippen molar-refractivity contribution in [3.8, 4) is 11.8 Å². The van der Waals surface area contributed by atoms with Crippen LogP contribution in [0, 0.1) is 5.92 Å². The van der Waals surface area contributed by atoms with Crippen LogP contribution in [0.15, 0.2) is 53.6 Å². The first-order valence-electron chi connectivity index (χ1n) is 14.1. The highest BCUT2D eigenvalue weighted by Crippen LogP contribution is 2.38. The summed E-state index contributed by atoms with van der Waals surface area (Å²) in [6.07, 6.45) is 1.34. The van der Waals surface area contributed by atoms with Gasteiger partial charge in [-0.2, -0.15) is 23.5 Å². The monoisotopic (exact) mass is 737 g/mol. The molecule has 1 aliphatic heterocycles. The first-order valence-corrected chi connectivity index (χ1v) is 16.3. The molecule has 49 heavy (non-hydrogen) atoms. The molecular weight excluding hydrogens is 709 g/mol. The van der Waals surface area contributed by atoms with Gasteiger partial charge in [-0.15, -0.1) is 0 Å². The van der Waals surface area contributed by atoms with Crippen molar-refractivity contribution in [1.82, 2.24) is 14.7 Å². The van der Waals surface area contributed by atoms with E-state index in [-0.39, 0.29) is 63.5 Å². The molecule has 1 aliphatic carbocycles. The standard InChI is InChI=1S/C17H19N5O6S.C12H10Cl2N2O4/c1-27-13-9-14(28-2)19-16(18-13)20-17(24)22-29(25,26)21-12-6-4-3-5-11(12)15(23)10-7-8-10;1-12(11(19)20)5-8(10(17)18)15-16(12)9-3-2-6(13)4-7(9)14/h3-6,9-10,21H,7-8H2,1-2H3,(H2,18,19,20,22,24);2-4H,5H2,1H3,(H,17,18)(H,19,20). The number of urea groups is 1. The number of ketones is 1. The maximum atomic E-state index is 12.3. The van der Waals surface area contributed by atoms with Gasteiger partial charge >= 0.3 is 28.2 Å². The molecule has 2 aromatic carbocycles. The number of rotatable bonds is 11. The SMILES string of the molecule is CC1(C(=O)O)CC(C(=O)O)=NN1c1ccc(Cl)cc1Cl.COc1cc(OC)nc(NC(=O)NS(=O)(=O)Nc2ccccc2C(=O)C2CC2)n1. The number of hydrogen-bond donors (Lipinski definition) is 5. The van der Waals surface area contributed by atoms with Crippen molar-refractivity contribution >= 4 is 80.2 Å². The molecule has 0 bridgehead atoms. The fourth-order valence-electron chi connectivity index (χ4n) is 4.37. The average molecular weight is 739 g/mol. The van der Waals surface area contributed by atoms with E-state index in [1.54, 1.807) is 16.9 Å². The van der Waals surface area contributed by atoms with Crippen molar-refractivity contribution in [2.75, 3.05) is 29.3 Å². The third-order valence-electron chi connectivity index (χ3n) is 6.98. The Morgan fingerprint density at radius 2 is 1.61 bits per heavy atom. The lowest BCUT2D eigenvalue weighted by Crippen LogP contribution is -2.47. The largest absolute Gasteiger partial charge is 0.481 e. The Labute approximate surface area is 289 Å². The lowest BCUT2D eigenvalue weighted by atomic mass is 9.95. The van der Waals surface area contributed by atoms with E-state index in [2.05, 4.69) is 25.1 Å². The maximum absolute atomic E-state index is 12.3. The second-order valence-electron chi connectivity index (χ2n) is 10.6. The van der Waals surface area contributed by atoms with Crippen molar-refractivity contribution < 1.29 is 47.3 Å². The zero-order valence-corrected chi connectivity index (χ0v) is 28.3. The highest BCUT2D eigenvalue weighted by atomic mass is 35.5. The molecule has 0 radical (unpaired) electrons. The number of Topliss-reactive ketones (excluding diaryl/α,β-unsaturated/α-hetero) is 1. The smallest absolute Gasteiger partial charge is 0.352 e. The predicted octanol–water partition coefficient (Wildman–Crippen LogP) is 4.05. The molecule has 5 N–H and O–H groups in total. The fourth-order valence-corrected chi connectivity index (χ4v) is 5.67. The van der Waals surface area contributed by atoms with Crippen LogP contribution in [0.4, 0.5) is 22.1 Å². The van der Waals surface area contributed by atoms with E-state index in [9.17, 15) is 32.7 Å². The fraction of sp³-hybridized carbons (Fsp3) is 0.276. The van der Waals surface area contributed by atoms with E-state index in [4.69, 9.17) is 37.8 Å². The molecule has 1 fully saturated rings. The summed E-state index contributed by atoms with van der Waals surface area (Å²) in [7, 11) is -1.61. The van der Waals surface area contributed by atoms with Gasteiger partial charge in [-0.25, -0.2) is 24.1 Å². The minimum atomic E-state index is -4.33. The Hall–Kier alpha value is -5.20. The van der Waals surface area contributed by atoms with E-state index in [1.165, 1.54) is 57.5 Å². The number of carbonyl (C=O) groups excluding carboxylic acids is 2. The van der Waals surface area contributed by atoms with Crippen molar-refractivity contribution in [2.45, 2.75) is 31.7 Å². The molecule has 2 heterocycles. The van der Waals surface area contributed by atoms with Crippen molar-refractivity contribution in [3.05, 3.63) is 64.1 Å². The Bertz CT molecular complexity index is 1920. The van der Waals surface area contributed by atoms with Crippen LogP contribution >= 0.6 is 23.2 Å².